The first kappa shape index (κ1) is 51.4. The number of aromatic amines is 3. The van der Waals surface area contributed by atoms with Crippen LogP contribution < -0.4 is 0 Å². The maximum absolute atomic E-state index is 4.71. The number of hydrogen-bond donors (Lipinski definition) is 3. The van der Waals surface area contributed by atoms with Crippen molar-refractivity contribution in [1.82, 2.24) is 60.5 Å². The molecule has 0 unspecified atom stereocenters. The summed E-state index contributed by atoms with van der Waals surface area (Å²) < 4.78 is 22.0. The second-order valence-electron chi connectivity index (χ2n) is 12.0. The third kappa shape index (κ3) is 32.5. The fourth-order valence-corrected chi connectivity index (χ4v) is 4.67. The van der Waals surface area contributed by atoms with E-state index >= 15 is 0 Å². The van der Waals surface area contributed by atoms with Gasteiger partial charge in [0, 0.05) is 63.7 Å². The summed E-state index contributed by atoms with van der Waals surface area (Å²) in [5, 5.41) is 34.4. The van der Waals surface area contributed by atoms with Gasteiger partial charge in [-0.25, -0.2) is 9.36 Å². The molecular weight excluding hydrogens is 821 g/mol. The van der Waals surface area contributed by atoms with Gasteiger partial charge in [-0.3, -0.25) is 15.2 Å². The molecule has 0 bridgehead atoms. The smallest absolute Gasteiger partial charge is 0.180 e. The van der Waals surface area contributed by atoms with Crippen LogP contribution in [0.1, 0.15) is 56.4 Å². The Morgan fingerprint density at radius 1 is 0.617 bits per heavy atom. The van der Waals surface area contributed by atoms with Crippen LogP contribution in [-0.2, 0) is 0 Å². The number of H-pyrrole nitrogens is 3. The van der Waals surface area contributed by atoms with E-state index in [1.54, 1.807) is 67.0 Å². The molecule has 0 radical (unpaired) electrons. The van der Waals surface area contributed by atoms with E-state index in [-0.39, 0.29) is 0 Å². The number of rotatable bonds is 0. The normalized spacial score (nSPS) is 8.83. The summed E-state index contributed by atoms with van der Waals surface area (Å²) in [5.74, 6) is 0.745. The molecule has 0 spiro atoms. The van der Waals surface area contributed by atoms with Crippen molar-refractivity contribution in [2.45, 2.75) is 69.2 Å². The minimum atomic E-state index is 0.745. The van der Waals surface area contributed by atoms with Gasteiger partial charge in [0.15, 0.2) is 12.2 Å². The Morgan fingerprint density at radius 3 is 1.62 bits per heavy atom. The van der Waals surface area contributed by atoms with E-state index in [1.807, 2.05) is 108 Å². The van der Waals surface area contributed by atoms with E-state index in [0.717, 1.165) is 28.5 Å². The summed E-state index contributed by atoms with van der Waals surface area (Å²) in [4.78, 5) is 10.6. The summed E-state index contributed by atoms with van der Waals surface area (Å²) in [5.41, 5.74) is 12.0. The molecule has 19 heteroatoms. The molecular formula is C41H54N12O4S3. The van der Waals surface area contributed by atoms with Gasteiger partial charge in [-0.05, 0) is 144 Å². The molecule has 10 heterocycles. The molecule has 10 aromatic heterocycles. The molecule has 0 aliphatic rings. The van der Waals surface area contributed by atoms with Gasteiger partial charge >= 0.3 is 0 Å². The van der Waals surface area contributed by atoms with E-state index in [2.05, 4.69) is 105 Å². The molecule has 10 aromatic rings. The zero-order valence-corrected chi connectivity index (χ0v) is 38.0. The summed E-state index contributed by atoms with van der Waals surface area (Å²) in [7, 11) is 0. The highest BCUT2D eigenvalue weighted by Crippen LogP contribution is 2.01. The molecule has 0 amide bonds. The van der Waals surface area contributed by atoms with E-state index in [1.165, 1.54) is 52.0 Å². The number of aryl methyl sites for hydroxylation is 10. The minimum Gasteiger partial charge on any atom is -0.472 e. The molecule has 60 heavy (non-hydrogen) atoms. The fourth-order valence-electron chi connectivity index (χ4n) is 2.94. The van der Waals surface area contributed by atoms with Crippen LogP contribution in [-0.4, -0.2) is 60.5 Å². The van der Waals surface area contributed by atoms with Crippen molar-refractivity contribution in [3.05, 3.63) is 182 Å². The first-order valence-corrected chi connectivity index (χ1v) is 20.7. The predicted octanol–water partition coefficient (Wildman–Crippen LogP) is 11.0. The van der Waals surface area contributed by atoms with Crippen LogP contribution in [0, 0.1) is 69.2 Å². The lowest BCUT2D eigenvalue weighted by molar-refractivity contribution is 0.374. The molecule has 3 N–H and O–H groups in total. The first-order chi connectivity index (χ1) is 28.9. The molecule has 16 nitrogen and oxygen atoms in total. The topological polar surface area (TPSA) is 216 Å². The van der Waals surface area contributed by atoms with Crippen molar-refractivity contribution in [2.75, 3.05) is 0 Å². The van der Waals surface area contributed by atoms with Crippen molar-refractivity contribution in [3.8, 4) is 0 Å². The number of furan rings is 1. The van der Waals surface area contributed by atoms with E-state index in [4.69, 9.17) is 4.42 Å². The Balaban J connectivity index is 0.000000333. The van der Waals surface area contributed by atoms with E-state index < -0.39 is 0 Å². The van der Waals surface area contributed by atoms with Gasteiger partial charge in [0.2, 0.25) is 0 Å². The molecule has 10 rings (SSSR count). The Hall–Kier alpha value is -6.57. The summed E-state index contributed by atoms with van der Waals surface area (Å²) in [6.45, 7) is 19.6. The second kappa shape index (κ2) is 34.5. The lowest BCUT2D eigenvalue weighted by Crippen LogP contribution is -1.65. The third-order valence-corrected chi connectivity index (χ3v) is 8.17. The Labute approximate surface area is 362 Å². The molecule has 320 valence electrons. The average Bonchev–Trinajstić information content (AvgIpc) is 4.06. The molecule has 0 fully saturated rings. The molecule has 0 aliphatic heterocycles. The van der Waals surface area contributed by atoms with Crippen LogP contribution in [0.5, 0.6) is 0 Å². The van der Waals surface area contributed by atoms with Gasteiger partial charge in [-0.15, -0.1) is 21.5 Å². The monoisotopic (exact) mass is 874 g/mol. The van der Waals surface area contributed by atoms with E-state index in [9.17, 15) is 0 Å². The Bertz CT molecular complexity index is 1650. The zero-order valence-electron chi connectivity index (χ0n) is 35.5. The summed E-state index contributed by atoms with van der Waals surface area (Å²) in [6, 6.07) is 7.96. The first-order valence-electron chi connectivity index (χ1n) is 18.0. The summed E-state index contributed by atoms with van der Waals surface area (Å²) in [6.07, 6.45) is 20.5. The number of oxazole rings is 1. The molecule has 0 saturated carbocycles. The number of nitrogens with zero attached hydrogens (tertiary/aromatic N) is 9. The van der Waals surface area contributed by atoms with Crippen molar-refractivity contribution in [2.24, 2.45) is 0 Å². The van der Waals surface area contributed by atoms with Crippen molar-refractivity contribution in [3.63, 3.8) is 0 Å². The largest absolute Gasteiger partial charge is 0.472 e. The lowest BCUT2D eigenvalue weighted by Gasteiger charge is -1.68. The minimum absolute atomic E-state index is 0.745. The van der Waals surface area contributed by atoms with Crippen LogP contribution in [0.15, 0.2) is 144 Å². The summed E-state index contributed by atoms with van der Waals surface area (Å²) >= 11 is 4.86. The highest BCUT2D eigenvalue weighted by molar-refractivity contribution is 7.08. The molecule has 0 aliphatic carbocycles. The van der Waals surface area contributed by atoms with Crippen molar-refractivity contribution >= 4 is 34.2 Å². The van der Waals surface area contributed by atoms with Crippen LogP contribution in [0.3, 0.4) is 0 Å². The SMILES string of the molecule is Cc1cc[nH]c1.Cc1ccn[nH]1.Cc1ccoc1.Cc1ccsc1.Cc1cn[nH]c1.Cc1cnno1.Cc1cnsc1.Cc1cocn1.Cc1conn1.Cc1cscn1. The Kier molecular flexibility index (Phi) is 29.6. The van der Waals surface area contributed by atoms with Gasteiger partial charge < -0.3 is 22.9 Å². The molecule has 0 saturated heterocycles. The number of aromatic nitrogens is 12. The van der Waals surface area contributed by atoms with E-state index in [0.29, 0.717) is 0 Å². The molecule has 0 atom stereocenters. The highest BCUT2D eigenvalue weighted by atomic mass is 32.1. The number of nitrogens with one attached hydrogen (secondary N) is 3. The molecule has 0 aromatic carbocycles. The fraction of sp³-hybridized carbons (Fsp3) is 0.244. The predicted molar refractivity (Wildman–Crippen MR) is 238 cm³/mol. The van der Waals surface area contributed by atoms with Crippen LogP contribution in [0.25, 0.3) is 0 Å². The van der Waals surface area contributed by atoms with Gasteiger partial charge in [0.05, 0.1) is 36.1 Å². The quantitative estimate of drug-likeness (QED) is 0.129. The number of thiazole rings is 1. The van der Waals surface area contributed by atoms with Gasteiger partial charge in [-0.2, -0.15) is 21.5 Å². The standard InChI is InChI=1S/C5H7N.C5H6O.C5H6S.2C4H6N2.C4H5NO.2C4H5NS.2C3H4N2O/c3*1-5-2-3-6-4-5;1-4-2-5-6-3-4;1-4-2-3-5-6-4;2*1-4-2-6-3-5-4;1-4-2-5-6-3-4;1-3-2-6-5-4-3;1-3-2-4-5-6-3/h2-4,6H,1H3;2*2-4H,1H3;2*2-3H,1H3,(H,5,6);3*2-3H,1H3;2*2H,1H3. The van der Waals surface area contributed by atoms with Gasteiger partial charge in [0.1, 0.15) is 18.2 Å². The van der Waals surface area contributed by atoms with Crippen LogP contribution in [0.2, 0.25) is 0 Å². The van der Waals surface area contributed by atoms with Crippen molar-refractivity contribution < 1.29 is 17.9 Å². The maximum Gasteiger partial charge on any atom is 0.180 e. The van der Waals surface area contributed by atoms with Gasteiger partial charge in [0.25, 0.3) is 0 Å². The maximum atomic E-state index is 4.71. The number of thiophene rings is 1. The zero-order chi connectivity index (χ0) is 44.1. The number of hydrogen-bond acceptors (Lipinski definition) is 16. The lowest BCUT2D eigenvalue weighted by atomic mass is 10.4. The van der Waals surface area contributed by atoms with Crippen molar-refractivity contribution in [1.29, 1.82) is 0 Å². The highest BCUT2D eigenvalue weighted by Gasteiger charge is 1.82. The Morgan fingerprint density at radius 2 is 1.45 bits per heavy atom. The van der Waals surface area contributed by atoms with Gasteiger partial charge in [-0.1, -0.05) is 0 Å². The van der Waals surface area contributed by atoms with Crippen LogP contribution >= 0.6 is 34.2 Å². The third-order valence-electron chi connectivity index (χ3n) is 5.96. The van der Waals surface area contributed by atoms with Crippen LogP contribution in [0.4, 0.5) is 0 Å². The second-order valence-corrected chi connectivity index (χ2v) is 14.2. The average molecular weight is 875 g/mol.